The molecular weight excluding hydrogens is 505 g/mol. The minimum absolute atomic E-state index is 0.0328. The Kier molecular flexibility index (Phi) is 6.60. The molecule has 6 rings (SSSR count). The molecule has 190 valence electrons. The Morgan fingerprint density at radius 3 is 1.97 bits per heavy atom. The van der Waals surface area contributed by atoms with Gasteiger partial charge in [-0.25, -0.2) is 9.78 Å². The van der Waals surface area contributed by atoms with E-state index in [0.717, 1.165) is 40.5 Å². The van der Waals surface area contributed by atoms with E-state index in [4.69, 9.17) is 28.2 Å². The maximum Gasteiger partial charge on any atom is 0.407 e. The van der Waals surface area contributed by atoms with E-state index >= 15 is 0 Å². The standard InChI is InChI=1S/C30H29Cl2N3O2/c31-24-8-3-20(4-9-24)28(21-5-10-25(32)11-6-21)23-7-12-26-27(17-23)35(29(33-26)22-1-2-22)18-19-13-15-34(16-14-19)30(36)37/h3-12,17,19,22,28H,1-2,13-16,18H2,(H,36,37). The number of aromatic nitrogens is 2. The predicted molar refractivity (Wildman–Crippen MR) is 148 cm³/mol. The minimum Gasteiger partial charge on any atom is -0.465 e. The van der Waals surface area contributed by atoms with Crippen LogP contribution in [0.15, 0.2) is 66.7 Å². The smallest absolute Gasteiger partial charge is 0.407 e. The molecule has 1 aliphatic carbocycles. The van der Waals surface area contributed by atoms with Gasteiger partial charge in [0.25, 0.3) is 0 Å². The van der Waals surface area contributed by atoms with Crippen LogP contribution in [0.3, 0.4) is 0 Å². The molecule has 0 bridgehead atoms. The third-order valence-electron chi connectivity index (χ3n) is 7.81. The Hall–Kier alpha value is -3.02. The number of likely N-dealkylation sites (tertiary alicyclic amines) is 1. The number of nitrogens with zero attached hydrogens (tertiary/aromatic N) is 3. The van der Waals surface area contributed by atoms with Gasteiger partial charge in [0.05, 0.1) is 11.0 Å². The van der Waals surface area contributed by atoms with E-state index in [2.05, 4.69) is 47.0 Å². The molecule has 7 heteroatoms. The van der Waals surface area contributed by atoms with Gasteiger partial charge in [-0.1, -0.05) is 53.5 Å². The largest absolute Gasteiger partial charge is 0.465 e. The van der Waals surface area contributed by atoms with Crippen molar-refractivity contribution < 1.29 is 9.90 Å². The number of hydrogen-bond donors (Lipinski definition) is 1. The van der Waals surface area contributed by atoms with Crippen molar-refractivity contribution in [1.29, 1.82) is 0 Å². The van der Waals surface area contributed by atoms with Crippen molar-refractivity contribution in [3.63, 3.8) is 0 Å². The average Bonchev–Trinajstić information content (AvgIpc) is 3.69. The van der Waals surface area contributed by atoms with Crippen molar-refractivity contribution in [2.45, 2.75) is 44.1 Å². The lowest BCUT2D eigenvalue weighted by Crippen LogP contribution is -2.38. The van der Waals surface area contributed by atoms with E-state index in [1.54, 1.807) is 0 Å². The highest BCUT2D eigenvalue weighted by molar-refractivity contribution is 6.30. The van der Waals surface area contributed by atoms with Crippen LogP contribution in [0.5, 0.6) is 0 Å². The highest BCUT2D eigenvalue weighted by Gasteiger charge is 2.32. The van der Waals surface area contributed by atoms with E-state index in [1.807, 2.05) is 24.3 Å². The molecule has 1 aromatic heterocycles. The molecule has 0 spiro atoms. The summed E-state index contributed by atoms with van der Waals surface area (Å²) in [6, 6.07) is 22.8. The first kappa shape index (κ1) is 24.3. The molecular formula is C30H29Cl2N3O2. The molecule has 0 unspecified atom stereocenters. The van der Waals surface area contributed by atoms with Gasteiger partial charge in [-0.05, 0) is 84.7 Å². The summed E-state index contributed by atoms with van der Waals surface area (Å²) in [5.41, 5.74) is 5.72. The molecule has 1 saturated heterocycles. The van der Waals surface area contributed by atoms with Crippen LogP contribution in [-0.2, 0) is 6.54 Å². The second-order valence-electron chi connectivity index (χ2n) is 10.4. The molecule has 1 amide bonds. The molecule has 4 aromatic rings. The summed E-state index contributed by atoms with van der Waals surface area (Å²) in [5.74, 6) is 2.18. The van der Waals surface area contributed by atoms with Gasteiger partial charge < -0.3 is 14.6 Å². The first-order valence-corrected chi connectivity index (χ1v) is 13.7. The topological polar surface area (TPSA) is 58.4 Å². The highest BCUT2D eigenvalue weighted by Crippen LogP contribution is 2.42. The zero-order chi connectivity index (χ0) is 25.5. The van der Waals surface area contributed by atoms with Crippen LogP contribution < -0.4 is 0 Å². The van der Waals surface area contributed by atoms with Crippen molar-refractivity contribution in [1.82, 2.24) is 14.5 Å². The fourth-order valence-electron chi connectivity index (χ4n) is 5.64. The second-order valence-corrected chi connectivity index (χ2v) is 11.2. The van der Waals surface area contributed by atoms with Crippen LogP contribution in [0, 0.1) is 5.92 Å². The lowest BCUT2D eigenvalue weighted by molar-refractivity contribution is 0.121. The van der Waals surface area contributed by atoms with Crippen molar-refractivity contribution in [2.24, 2.45) is 5.92 Å². The Labute approximate surface area is 226 Å². The third-order valence-corrected chi connectivity index (χ3v) is 8.31. The number of halogens is 2. The van der Waals surface area contributed by atoms with E-state index in [1.165, 1.54) is 40.3 Å². The van der Waals surface area contributed by atoms with Crippen LogP contribution in [0.2, 0.25) is 10.0 Å². The monoisotopic (exact) mass is 533 g/mol. The molecule has 3 aromatic carbocycles. The number of benzene rings is 3. The van der Waals surface area contributed by atoms with Gasteiger partial charge >= 0.3 is 6.09 Å². The van der Waals surface area contributed by atoms with Crippen molar-refractivity contribution in [3.05, 3.63) is 99.3 Å². The normalized spacial score (nSPS) is 16.6. The SMILES string of the molecule is O=C(O)N1CCC(Cn2c(C3CC3)nc3ccc(C(c4ccc(Cl)cc4)c4ccc(Cl)cc4)cc32)CC1. The van der Waals surface area contributed by atoms with Gasteiger partial charge in [-0.15, -0.1) is 0 Å². The number of carboxylic acid groups (broad SMARTS) is 1. The molecule has 1 N–H and O–H groups in total. The van der Waals surface area contributed by atoms with E-state index in [-0.39, 0.29) is 5.92 Å². The summed E-state index contributed by atoms with van der Waals surface area (Å²) in [5, 5.41) is 10.8. The zero-order valence-corrected chi connectivity index (χ0v) is 22.0. The molecule has 0 atom stereocenters. The number of imidazole rings is 1. The van der Waals surface area contributed by atoms with E-state index < -0.39 is 6.09 Å². The number of amides is 1. The van der Waals surface area contributed by atoms with Crippen LogP contribution in [-0.4, -0.2) is 38.7 Å². The number of carbonyl (C=O) groups is 1. The van der Waals surface area contributed by atoms with Crippen molar-refractivity contribution in [2.75, 3.05) is 13.1 Å². The van der Waals surface area contributed by atoms with Crippen LogP contribution in [0.1, 0.15) is 60.0 Å². The summed E-state index contributed by atoms with van der Waals surface area (Å²) in [7, 11) is 0. The summed E-state index contributed by atoms with van der Waals surface area (Å²) in [6.07, 6.45) is 3.32. The van der Waals surface area contributed by atoms with Crippen LogP contribution >= 0.6 is 23.2 Å². The van der Waals surface area contributed by atoms with Crippen molar-refractivity contribution >= 4 is 40.3 Å². The fraction of sp³-hybridized carbons (Fsp3) is 0.333. The summed E-state index contributed by atoms with van der Waals surface area (Å²) >= 11 is 12.4. The highest BCUT2D eigenvalue weighted by atomic mass is 35.5. The molecule has 1 aliphatic heterocycles. The van der Waals surface area contributed by atoms with Crippen molar-refractivity contribution in [3.8, 4) is 0 Å². The average molecular weight is 534 g/mol. The molecule has 2 fully saturated rings. The van der Waals surface area contributed by atoms with Crippen LogP contribution in [0.4, 0.5) is 4.79 Å². The Morgan fingerprint density at radius 2 is 1.43 bits per heavy atom. The number of piperidine rings is 1. The summed E-state index contributed by atoms with van der Waals surface area (Å²) < 4.78 is 2.43. The molecule has 5 nitrogen and oxygen atoms in total. The predicted octanol–water partition coefficient (Wildman–Crippen LogP) is 7.79. The van der Waals surface area contributed by atoms with Gasteiger partial charge in [0.1, 0.15) is 5.82 Å². The Balaban J connectivity index is 1.40. The summed E-state index contributed by atoms with van der Waals surface area (Å²) in [6.45, 7) is 2.09. The van der Waals surface area contributed by atoms with E-state index in [9.17, 15) is 9.90 Å². The van der Waals surface area contributed by atoms with Crippen LogP contribution in [0.25, 0.3) is 11.0 Å². The Bertz CT molecular complexity index is 1370. The zero-order valence-electron chi connectivity index (χ0n) is 20.5. The number of hydrogen-bond acceptors (Lipinski definition) is 2. The minimum atomic E-state index is -0.815. The molecule has 2 aliphatic rings. The maximum absolute atomic E-state index is 11.4. The van der Waals surface area contributed by atoms with Gasteiger partial charge in [0, 0.05) is 41.5 Å². The third kappa shape index (κ3) is 5.07. The quantitative estimate of drug-likeness (QED) is 0.257. The van der Waals surface area contributed by atoms with Gasteiger partial charge in [-0.3, -0.25) is 0 Å². The second kappa shape index (κ2) is 10.0. The molecule has 1 saturated carbocycles. The molecule has 2 heterocycles. The Morgan fingerprint density at radius 1 is 0.865 bits per heavy atom. The number of rotatable bonds is 6. The van der Waals surface area contributed by atoms with Gasteiger partial charge in [0.2, 0.25) is 0 Å². The lowest BCUT2D eigenvalue weighted by Gasteiger charge is -2.30. The first-order valence-electron chi connectivity index (χ1n) is 12.9. The number of fused-ring (bicyclic) bond motifs is 1. The van der Waals surface area contributed by atoms with Gasteiger partial charge in [-0.2, -0.15) is 0 Å². The van der Waals surface area contributed by atoms with Gasteiger partial charge in [0.15, 0.2) is 0 Å². The molecule has 0 radical (unpaired) electrons. The van der Waals surface area contributed by atoms with E-state index in [0.29, 0.717) is 24.9 Å². The fourth-order valence-corrected chi connectivity index (χ4v) is 5.89. The maximum atomic E-state index is 11.4. The lowest BCUT2D eigenvalue weighted by atomic mass is 9.85. The summed E-state index contributed by atoms with van der Waals surface area (Å²) in [4.78, 5) is 18.0. The first-order chi connectivity index (χ1) is 18.0. The molecule has 37 heavy (non-hydrogen) atoms.